The van der Waals surface area contributed by atoms with Crippen LogP contribution in [0.1, 0.15) is 25.3 Å². The minimum atomic E-state index is 0.509. The monoisotopic (exact) mass is 256 g/mol. The van der Waals surface area contributed by atoms with Crippen molar-refractivity contribution in [3.05, 3.63) is 42.1 Å². The molecule has 1 aromatic heterocycles. The molecule has 4 nitrogen and oxygen atoms in total. The highest BCUT2D eigenvalue weighted by atomic mass is 15.1. The molecule has 0 aliphatic heterocycles. The summed E-state index contributed by atoms with van der Waals surface area (Å²) in [5, 5.41) is 4.25. The van der Waals surface area contributed by atoms with E-state index in [1.54, 1.807) is 0 Å². The summed E-state index contributed by atoms with van der Waals surface area (Å²) >= 11 is 0. The molecule has 3 N–H and O–H groups in total. The van der Waals surface area contributed by atoms with Crippen molar-refractivity contribution >= 4 is 16.9 Å². The summed E-state index contributed by atoms with van der Waals surface area (Å²) in [6.45, 7) is 3.61. The third-order valence-electron chi connectivity index (χ3n) is 3.00. The minimum absolute atomic E-state index is 0.509. The fourth-order valence-corrected chi connectivity index (χ4v) is 1.91. The van der Waals surface area contributed by atoms with Crippen LogP contribution in [0, 0.1) is 0 Å². The lowest BCUT2D eigenvalue weighted by molar-refractivity contribution is 0.748. The summed E-state index contributed by atoms with van der Waals surface area (Å²) in [7, 11) is 0. The summed E-state index contributed by atoms with van der Waals surface area (Å²) in [5.74, 6) is 0.509. The Hall–Kier alpha value is -2.10. The average molecular weight is 256 g/mol. The lowest BCUT2D eigenvalue weighted by Gasteiger charge is -2.06. The van der Waals surface area contributed by atoms with E-state index in [4.69, 9.17) is 5.73 Å². The van der Waals surface area contributed by atoms with Crippen LogP contribution in [0.5, 0.6) is 0 Å². The number of aromatic nitrogens is 1. The van der Waals surface area contributed by atoms with Gasteiger partial charge in [-0.15, -0.1) is 0 Å². The molecular weight excluding hydrogens is 236 g/mol. The maximum Gasteiger partial charge on any atom is 0.188 e. The number of aliphatic imine (C=N–C) groups is 1. The summed E-state index contributed by atoms with van der Waals surface area (Å²) < 4.78 is 0. The minimum Gasteiger partial charge on any atom is -0.370 e. The number of nitrogens with one attached hydrogen (secondary N) is 1. The molecule has 4 heteroatoms. The Morgan fingerprint density at radius 2 is 2.16 bits per heavy atom. The third-order valence-corrected chi connectivity index (χ3v) is 3.00. The number of rotatable bonds is 5. The number of nitrogens with zero attached hydrogens (tertiary/aromatic N) is 2. The van der Waals surface area contributed by atoms with Crippen LogP contribution in [0.2, 0.25) is 0 Å². The van der Waals surface area contributed by atoms with Crippen LogP contribution in [-0.2, 0) is 6.54 Å². The van der Waals surface area contributed by atoms with E-state index >= 15 is 0 Å². The zero-order valence-electron chi connectivity index (χ0n) is 11.3. The van der Waals surface area contributed by atoms with Gasteiger partial charge >= 0.3 is 0 Å². The van der Waals surface area contributed by atoms with Gasteiger partial charge in [-0.2, -0.15) is 0 Å². The number of unbranched alkanes of at least 4 members (excludes halogenated alkanes) is 1. The van der Waals surface area contributed by atoms with E-state index in [2.05, 4.69) is 28.3 Å². The van der Waals surface area contributed by atoms with Gasteiger partial charge in [0.05, 0.1) is 12.1 Å². The molecule has 0 bridgehead atoms. The molecule has 1 aromatic carbocycles. The summed E-state index contributed by atoms with van der Waals surface area (Å²) in [5.41, 5.74) is 7.97. The molecule has 0 atom stereocenters. The van der Waals surface area contributed by atoms with Crippen molar-refractivity contribution in [2.45, 2.75) is 26.3 Å². The van der Waals surface area contributed by atoms with E-state index in [0.29, 0.717) is 12.5 Å². The normalized spacial score (nSPS) is 11.7. The lowest BCUT2D eigenvalue weighted by atomic mass is 10.1. The highest BCUT2D eigenvalue weighted by Gasteiger charge is 2.00. The van der Waals surface area contributed by atoms with Gasteiger partial charge < -0.3 is 11.1 Å². The van der Waals surface area contributed by atoms with Gasteiger partial charge in [-0.25, -0.2) is 4.99 Å². The number of nitrogens with two attached hydrogens (primary N) is 1. The molecule has 0 amide bonds. The second-order valence-corrected chi connectivity index (χ2v) is 4.47. The number of pyridine rings is 1. The lowest BCUT2D eigenvalue weighted by Crippen LogP contribution is -2.32. The molecule has 2 rings (SSSR count). The Labute approximate surface area is 113 Å². The smallest absolute Gasteiger partial charge is 0.188 e. The van der Waals surface area contributed by atoms with Crippen molar-refractivity contribution in [2.75, 3.05) is 6.54 Å². The first-order chi connectivity index (χ1) is 9.31. The predicted molar refractivity (Wildman–Crippen MR) is 80.0 cm³/mol. The number of benzene rings is 1. The molecule has 2 aromatic rings. The van der Waals surface area contributed by atoms with Crippen molar-refractivity contribution in [2.24, 2.45) is 10.7 Å². The molecule has 0 saturated carbocycles. The van der Waals surface area contributed by atoms with Crippen LogP contribution in [0.15, 0.2) is 41.5 Å². The molecule has 0 aliphatic rings. The summed E-state index contributed by atoms with van der Waals surface area (Å²) in [4.78, 5) is 8.71. The Bertz CT molecular complexity index is 558. The number of fused-ring (bicyclic) bond motifs is 1. The van der Waals surface area contributed by atoms with Gasteiger partial charge in [-0.3, -0.25) is 4.98 Å². The first-order valence-electron chi connectivity index (χ1n) is 6.67. The molecule has 0 aliphatic carbocycles. The van der Waals surface area contributed by atoms with Crippen molar-refractivity contribution in [3.63, 3.8) is 0 Å². The Morgan fingerprint density at radius 1 is 1.32 bits per heavy atom. The Morgan fingerprint density at radius 3 is 3.00 bits per heavy atom. The molecular formula is C15H20N4. The molecule has 19 heavy (non-hydrogen) atoms. The average Bonchev–Trinajstić information content (AvgIpc) is 2.45. The third kappa shape index (κ3) is 3.68. The first-order valence-corrected chi connectivity index (χ1v) is 6.67. The van der Waals surface area contributed by atoms with Gasteiger partial charge in [0.15, 0.2) is 5.96 Å². The molecule has 100 valence electrons. The van der Waals surface area contributed by atoms with Gasteiger partial charge in [0, 0.05) is 18.1 Å². The highest BCUT2D eigenvalue weighted by molar-refractivity contribution is 5.82. The van der Waals surface area contributed by atoms with E-state index in [-0.39, 0.29) is 0 Å². The van der Waals surface area contributed by atoms with E-state index in [1.807, 2.05) is 30.5 Å². The van der Waals surface area contributed by atoms with Crippen LogP contribution in [0.3, 0.4) is 0 Å². The molecule has 0 spiro atoms. The summed E-state index contributed by atoms with van der Waals surface area (Å²) in [6.07, 6.45) is 4.07. The van der Waals surface area contributed by atoms with Gasteiger partial charge in [-0.05, 0) is 24.1 Å². The SMILES string of the molecule is CCCCNC(N)=NCc1ccnc2ccccc12. The number of guanidine groups is 1. The number of hydrogen-bond donors (Lipinski definition) is 2. The van der Waals surface area contributed by atoms with Crippen LogP contribution in [0.25, 0.3) is 10.9 Å². The topological polar surface area (TPSA) is 63.3 Å². The first kappa shape index (κ1) is 13.3. The fraction of sp³-hybridized carbons (Fsp3) is 0.333. The summed E-state index contributed by atoms with van der Waals surface area (Å²) in [6, 6.07) is 10.1. The van der Waals surface area contributed by atoms with Crippen LogP contribution >= 0.6 is 0 Å². The quantitative estimate of drug-likeness (QED) is 0.490. The van der Waals surface area contributed by atoms with Crippen LogP contribution < -0.4 is 11.1 Å². The fourth-order valence-electron chi connectivity index (χ4n) is 1.91. The van der Waals surface area contributed by atoms with E-state index in [0.717, 1.165) is 35.9 Å². The molecule has 0 saturated heterocycles. The van der Waals surface area contributed by atoms with E-state index < -0.39 is 0 Å². The maximum absolute atomic E-state index is 5.83. The van der Waals surface area contributed by atoms with Crippen molar-refractivity contribution in [1.29, 1.82) is 0 Å². The van der Waals surface area contributed by atoms with Crippen molar-refractivity contribution in [3.8, 4) is 0 Å². The van der Waals surface area contributed by atoms with E-state index in [9.17, 15) is 0 Å². The maximum atomic E-state index is 5.83. The van der Waals surface area contributed by atoms with Gasteiger partial charge in [0.1, 0.15) is 0 Å². The molecule has 0 fully saturated rings. The van der Waals surface area contributed by atoms with E-state index in [1.165, 1.54) is 0 Å². The second-order valence-electron chi connectivity index (χ2n) is 4.47. The van der Waals surface area contributed by atoms with Crippen molar-refractivity contribution in [1.82, 2.24) is 10.3 Å². The zero-order chi connectivity index (χ0) is 13.5. The Kier molecular flexibility index (Phi) is 4.72. The van der Waals surface area contributed by atoms with Gasteiger partial charge in [0.25, 0.3) is 0 Å². The predicted octanol–water partition coefficient (Wildman–Crippen LogP) is 2.44. The largest absolute Gasteiger partial charge is 0.370 e. The van der Waals surface area contributed by atoms with Gasteiger partial charge in [0.2, 0.25) is 0 Å². The molecule has 0 unspecified atom stereocenters. The van der Waals surface area contributed by atoms with Crippen molar-refractivity contribution < 1.29 is 0 Å². The second kappa shape index (κ2) is 6.73. The Balaban J connectivity index is 2.07. The molecule has 0 radical (unpaired) electrons. The molecule has 1 heterocycles. The standard InChI is InChI=1S/C15H20N4/c1-2-3-9-18-15(16)19-11-12-8-10-17-14-7-5-4-6-13(12)14/h4-8,10H,2-3,9,11H2,1H3,(H3,16,18,19). The van der Waals surface area contributed by atoms with Gasteiger partial charge in [-0.1, -0.05) is 31.5 Å². The van der Waals surface area contributed by atoms with Crippen LogP contribution in [-0.4, -0.2) is 17.5 Å². The zero-order valence-corrected chi connectivity index (χ0v) is 11.3. The van der Waals surface area contributed by atoms with Crippen LogP contribution in [0.4, 0.5) is 0 Å². The highest BCUT2D eigenvalue weighted by Crippen LogP contribution is 2.16. The number of hydrogen-bond acceptors (Lipinski definition) is 2. The number of para-hydroxylation sites is 1.